The van der Waals surface area contributed by atoms with Crippen LogP contribution in [-0.2, 0) is 10.0 Å². The summed E-state index contributed by atoms with van der Waals surface area (Å²) in [5.41, 5.74) is 0.436. The average molecular weight is 313 g/mol. The van der Waals surface area contributed by atoms with Crippen LogP contribution in [0.25, 0.3) is 0 Å². The molecule has 1 aromatic rings. The molecular weight excluding hydrogens is 294 g/mol. The van der Waals surface area contributed by atoms with E-state index in [0.717, 1.165) is 0 Å². The van der Waals surface area contributed by atoms with Gasteiger partial charge in [-0.25, -0.2) is 8.42 Å². The van der Waals surface area contributed by atoms with Crippen LogP contribution in [0.3, 0.4) is 0 Å². The van der Waals surface area contributed by atoms with Gasteiger partial charge in [0, 0.05) is 31.2 Å². The van der Waals surface area contributed by atoms with E-state index in [2.05, 4.69) is 5.32 Å². The van der Waals surface area contributed by atoms with E-state index in [-0.39, 0.29) is 16.6 Å². The number of hydrogen-bond acceptors (Lipinski definition) is 5. The topological polar surface area (TPSA) is 92.6 Å². The zero-order valence-electron chi connectivity index (χ0n) is 12.3. The van der Waals surface area contributed by atoms with Gasteiger partial charge in [-0.15, -0.1) is 0 Å². The van der Waals surface area contributed by atoms with Crippen molar-refractivity contribution in [3.05, 3.63) is 33.4 Å². The predicted octanol–water partition coefficient (Wildman–Crippen LogP) is 1.19. The van der Waals surface area contributed by atoms with Gasteiger partial charge in [0.25, 0.3) is 15.7 Å². The van der Waals surface area contributed by atoms with Crippen LogP contribution >= 0.6 is 0 Å². The fourth-order valence-electron chi connectivity index (χ4n) is 2.62. The number of rotatable bonds is 3. The Balaban J connectivity index is 2.64. The van der Waals surface area contributed by atoms with Crippen molar-refractivity contribution in [1.29, 1.82) is 0 Å². The van der Waals surface area contributed by atoms with E-state index in [9.17, 15) is 18.5 Å². The maximum Gasteiger partial charge on any atom is 0.292 e. The number of nitro benzene ring substituents is 1. The lowest BCUT2D eigenvalue weighted by Gasteiger charge is -2.33. The molecule has 0 spiro atoms. The molecule has 1 atom stereocenters. The highest BCUT2D eigenvalue weighted by Crippen LogP contribution is 2.33. The standard InChI is InChI=1S/C13H19N3O4S/c1-9-4-5-10(2)13(12(9)16(17)18)21(19,20)15-7-6-14-8-11(15)3/h4-5,11,14H,6-8H2,1-3H3. The number of sulfonamides is 1. The van der Waals surface area contributed by atoms with Crippen LogP contribution in [0.15, 0.2) is 17.0 Å². The summed E-state index contributed by atoms with van der Waals surface area (Å²) in [5.74, 6) is 0. The molecule has 116 valence electrons. The van der Waals surface area contributed by atoms with E-state index in [4.69, 9.17) is 0 Å². The minimum atomic E-state index is -3.89. The predicted molar refractivity (Wildman–Crippen MR) is 78.8 cm³/mol. The van der Waals surface area contributed by atoms with Gasteiger partial charge in [-0.1, -0.05) is 12.1 Å². The van der Waals surface area contributed by atoms with Crippen LogP contribution in [0.2, 0.25) is 0 Å². The molecule has 21 heavy (non-hydrogen) atoms. The number of benzene rings is 1. The highest BCUT2D eigenvalue weighted by atomic mass is 32.2. The highest BCUT2D eigenvalue weighted by molar-refractivity contribution is 7.89. The molecule has 1 aliphatic heterocycles. The Kier molecular flexibility index (Phi) is 4.31. The number of aryl methyl sites for hydroxylation is 2. The summed E-state index contributed by atoms with van der Waals surface area (Å²) in [6.45, 7) is 6.33. The van der Waals surface area contributed by atoms with Crippen LogP contribution in [0.1, 0.15) is 18.1 Å². The monoisotopic (exact) mass is 313 g/mol. The second kappa shape index (κ2) is 5.70. The first kappa shape index (κ1) is 15.9. The summed E-state index contributed by atoms with van der Waals surface area (Å²) in [6, 6.07) is 2.96. The van der Waals surface area contributed by atoms with Crippen molar-refractivity contribution in [3.8, 4) is 0 Å². The smallest absolute Gasteiger partial charge is 0.292 e. The largest absolute Gasteiger partial charge is 0.314 e. The zero-order chi connectivity index (χ0) is 15.8. The van der Waals surface area contributed by atoms with Gasteiger partial charge in [-0.3, -0.25) is 10.1 Å². The van der Waals surface area contributed by atoms with Gasteiger partial charge in [-0.05, 0) is 26.3 Å². The number of nitrogens with one attached hydrogen (secondary N) is 1. The zero-order valence-corrected chi connectivity index (χ0v) is 13.1. The molecule has 2 rings (SSSR count). The van der Waals surface area contributed by atoms with Crippen molar-refractivity contribution in [1.82, 2.24) is 9.62 Å². The van der Waals surface area contributed by atoms with E-state index >= 15 is 0 Å². The summed E-state index contributed by atoms with van der Waals surface area (Å²) < 4.78 is 27.1. The minimum absolute atomic E-state index is 0.179. The molecule has 0 amide bonds. The Bertz CT molecular complexity index is 672. The van der Waals surface area contributed by atoms with E-state index in [0.29, 0.717) is 30.8 Å². The molecule has 1 heterocycles. The first-order valence-electron chi connectivity index (χ1n) is 6.74. The Hall–Kier alpha value is -1.51. The van der Waals surface area contributed by atoms with Crippen molar-refractivity contribution < 1.29 is 13.3 Å². The third-order valence-corrected chi connectivity index (χ3v) is 5.91. The number of piperazine rings is 1. The lowest BCUT2D eigenvalue weighted by molar-refractivity contribution is -0.388. The van der Waals surface area contributed by atoms with E-state index in [1.165, 1.54) is 4.31 Å². The fraction of sp³-hybridized carbons (Fsp3) is 0.538. The van der Waals surface area contributed by atoms with E-state index in [1.54, 1.807) is 32.9 Å². The molecule has 8 heteroatoms. The normalized spacial score (nSPS) is 20.4. The first-order chi connectivity index (χ1) is 9.76. The summed E-state index contributed by atoms with van der Waals surface area (Å²) >= 11 is 0. The maximum absolute atomic E-state index is 12.9. The van der Waals surface area contributed by atoms with Crippen LogP contribution in [0.5, 0.6) is 0 Å². The summed E-state index contributed by atoms with van der Waals surface area (Å²) in [4.78, 5) is 10.5. The summed E-state index contributed by atoms with van der Waals surface area (Å²) in [6.07, 6.45) is 0. The number of nitro groups is 1. The second-order valence-corrected chi connectivity index (χ2v) is 7.13. The molecule has 0 aromatic heterocycles. The molecule has 0 radical (unpaired) electrons. The molecule has 0 aliphatic carbocycles. The van der Waals surface area contributed by atoms with Crippen LogP contribution in [-0.4, -0.2) is 43.3 Å². The van der Waals surface area contributed by atoms with Crippen LogP contribution in [0.4, 0.5) is 5.69 Å². The minimum Gasteiger partial charge on any atom is -0.314 e. The van der Waals surface area contributed by atoms with E-state index in [1.807, 2.05) is 0 Å². The fourth-order valence-corrected chi connectivity index (χ4v) is 4.69. The lowest BCUT2D eigenvalue weighted by atomic mass is 10.1. The number of nitrogens with zero attached hydrogens (tertiary/aromatic N) is 2. The van der Waals surface area contributed by atoms with Crippen molar-refractivity contribution in [2.24, 2.45) is 0 Å². The molecule has 1 saturated heterocycles. The highest BCUT2D eigenvalue weighted by Gasteiger charge is 2.37. The van der Waals surface area contributed by atoms with Gasteiger partial charge in [0.15, 0.2) is 4.90 Å². The molecule has 1 aromatic carbocycles. The first-order valence-corrected chi connectivity index (χ1v) is 8.18. The van der Waals surface area contributed by atoms with Gasteiger partial charge in [0.1, 0.15) is 0 Å². The molecule has 1 N–H and O–H groups in total. The molecule has 0 bridgehead atoms. The van der Waals surface area contributed by atoms with Gasteiger partial charge in [-0.2, -0.15) is 4.31 Å². The van der Waals surface area contributed by atoms with Gasteiger partial charge in [0.2, 0.25) is 0 Å². The molecule has 1 unspecified atom stereocenters. The third-order valence-electron chi connectivity index (χ3n) is 3.72. The Morgan fingerprint density at radius 1 is 1.33 bits per heavy atom. The van der Waals surface area contributed by atoms with Crippen molar-refractivity contribution in [2.75, 3.05) is 19.6 Å². The van der Waals surface area contributed by atoms with Gasteiger partial charge >= 0.3 is 0 Å². The molecule has 1 aliphatic rings. The maximum atomic E-state index is 12.9. The van der Waals surface area contributed by atoms with Crippen molar-refractivity contribution in [3.63, 3.8) is 0 Å². The molecule has 7 nitrogen and oxygen atoms in total. The quantitative estimate of drug-likeness (QED) is 0.668. The Morgan fingerprint density at radius 3 is 2.52 bits per heavy atom. The van der Waals surface area contributed by atoms with Crippen LogP contribution in [0, 0.1) is 24.0 Å². The van der Waals surface area contributed by atoms with Crippen molar-refractivity contribution in [2.45, 2.75) is 31.7 Å². The second-order valence-electron chi connectivity index (χ2n) is 5.30. The lowest BCUT2D eigenvalue weighted by Crippen LogP contribution is -2.52. The Morgan fingerprint density at radius 2 is 1.95 bits per heavy atom. The average Bonchev–Trinajstić information content (AvgIpc) is 2.40. The summed E-state index contributed by atoms with van der Waals surface area (Å²) in [7, 11) is -3.89. The van der Waals surface area contributed by atoms with Gasteiger partial charge < -0.3 is 5.32 Å². The summed E-state index contributed by atoms with van der Waals surface area (Å²) in [5, 5.41) is 14.4. The van der Waals surface area contributed by atoms with Gasteiger partial charge in [0.05, 0.1) is 4.92 Å². The SMILES string of the molecule is Cc1ccc(C)c(S(=O)(=O)N2CCNCC2C)c1[N+](=O)[O-]. The van der Waals surface area contributed by atoms with Crippen LogP contribution < -0.4 is 5.32 Å². The number of hydrogen-bond donors (Lipinski definition) is 1. The van der Waals surface area contributed by atoms with E-state index < -0.39 is 14.9 Å². The van der Waals surface area contributed by atoms with Crippen molar-refractivity contribution >= 4 is 15.7 Å². The Labute approximate surface area is 124 Å². The molecule has 1 fully saturated rings. The molecular formula is C13H19N3O4S. The third kappa shape index (κ3) is 2.78. The molecule has 0 saturated carbocycles.